The number of benzene rings is 1. The average molecular weight is 208 g/mol. The average Bonchev–Trinajstić information content (AvgIpc) is 2.17. The molecule has 0 spiro atoms. The van der Waals surface area contributed by atoms with Crippen LogP contribution in [0.3, 0.4) is 0 Å². The zero-order chi connectivity index (χ0) is 11.3. The fourth-order valence-corrected chi connectivity index (χ4v) is 1.64. The summed E-state index contributed by atoms with van der Waals surface area (Å²) in [5.74, 6) is 1.45. The minimum absolute atomic E-state index is 0.184. The molecule has 0 atom stereocenters. The Balaban J connectivity index is 2.65. The molecular formula is C13H20O2. The molecule has 84 valence electrons. The molecule has 2 nitrogen and oxygen atoms in total. The van der Waals surface area contributed by atoms with Crippen molar-refractivity contribution in [3.8, 4) is 5.75 Å². The molecule has 1 aromatic carbocycles. The van der Waals surface area contributed by atoms with Gasteiger partial charge < -0.3 is 9.84 Å². The van der Waals surface area contributed by atoms with Gasteiger partial charge in [0, 0.05) is 13.0 Å². The van der Waals surface area contributed by atoms with Gasteiger partial charge in [0.15, 0.2) is 0 Å². The Morgan fingerprint density at radius 1 is 1.33 bits per heavy atom. The summed E-state index contributed by atoms with van der Waals surface area (Å²) in [6.45, 7) is 7.25. The summed E-state index contributed by atoms with van der Waals surface area (Å²) in [7, 11) is 0. The zero-order valence-corrected chi connectivity index (χ0v) is 9.79. The van der Waals surface area contributed by atoms with Crippen molar-refractivity contribution in [1.29, 1.82) is 0 Å². The Kier molecular flexibility index (Phi) is 4.63. The second kappa shape index (κ2) is 5.76. The Morgan fingerprint density at radius 2 is 2.07 bits per heavy atom. The van der Waals surface area contributed by atoms with Crippen LogP contribution < -0.4 is 4.74 Å². The molecule has 1 rings (SSSR count). The first kappa shape index (κ1) is 12.1. The normalized spacial score (nSPS) is 10.7. The third kappa shape index (κ3) is 3.56. The van der Waals surface area contributed by atoms with Gasteiger partial charge in [-0.05, 0) is 36.1 Å². The first-order valence-corrected chi connectivity index (χ1v) is 5.49. The van der Waals surface area contributed by atoms with Crippen LogP contribution >= 0.6 is 0 Å². The minimum Gasteiger partial charge on any atom is -0.493 e. The first-order valence-electron chi connectivity index (χ1n) is 5.49. The van der Waals surface area contributed by atoms with E-state index in [1.54, 1.807) is 0 Å². The van der Waals surface area contributed by atoms with Crippen LogP contribution in [0.15, 0.2) is 18.2 Å². The molecule has 0 fully saturated rings. The third-order valence-electron chi connectivity index (χ3n) is 2.43. The molecule has 0 saturated heterocycles. The molecule has 0 heterocycles. The molecule has 0 amide bonds. The molecular weight excluding hydrogens is 188 g/mol. The Hall–Kier alpha value is -1.02. The molecule has 0 aromatic heterocycles. The highest BCUT2D eigenvalue weighted by Gasteiger charge is 2.04. The van der Waals surface area contributed by atoms with Gasteiger partial charge in [-0.15, -0.1) is 0 Å². The summed E-state index contributed by atoms with van der Waals surface area (Å²) in [6.07, 6.45) is 0.685. The van der Waals surface area contributed by atoms with Crippen molar-refractivity contribution in [2.75, 3.05) is 13.2 Å². The summed E-state index contributed by atoms with van der Waals surface area (Å²) < 4.78 is 5.50. The van der Waals surface area contributed by atoms with Crippen LogP contribution in [-0.2, 0) is 0 Å². The first-order chi connectivity index (χ1) is 7.15. The van der Waals surface area contributed by atoms with E-state index < -0.39 is 0 Å². The van der Waals surface area contributed by atoms with Crippen LogP contribution in [0.1, 0.15) is 37.3 Å². The zero-order valence-electron chi connectivity index (χ0n) is 9.79. The van der Waals surface area contributed by atoms with Gasteiger partial charge in [-0.3, -0.25) is 0 Å². The molecule has 15 heavy (non-hydrogen) atoms. The third-order valence-corrected chi connectivity index (χ3v) is 2.43. The number of hydrogen-bond acceptors (Lipinski definition) is 2. The van der Waals surface area contributed by atoms with E-state index in [0.29, 0.717) is 18.9 Å². The monoisotopic (exact) mass is 208 g/mol. The summed E-state index contributed by atoms with van der Waals surface area (Å²) in [5.41, 5.74) is 2.64. The van der Waals surface area contributed by atoms with E-state index >= 15 is 0 Å². The second-order valence-electron chi connectivity index (χ2n) is 4.10. The number of rotatable bonds is 5. The maximum atomic E-state index is 8.64. The minimum atomic E-state index is 0.184. The van der Waals surface area contributed by atoms with Crippen LogP contribution in [0, 0.1) is 6.92 Å². The number of ether oxygens (including phenoxy) is 1. The van der Waals surface area contributed by atoms with Crippen molar-refractivity contribution < 1.29 is 9.84 Å². The van der Waals surface area contributed by atoms with E-state index in [4.69, 9.17) is 9.84 Å². The lowest BCUT2D eigenvalue weighted by Crippen LogP contribution is -2.00. The topological polar surface area (TPSA) is 29.5 Å². The van der Waals surface area contributed by atoms with E-state index in [2.05, 4.69) is 32.9 Å². The molecule has 0 aliphatic carbocycles. The van der Waals surface area contributed by atoms with Crippen LogP contribution in [0.4, 0.5) is 0 Å². The van der Waals surface area contributed by atoms with Crippen LogP contribution in [0.2, 0.25) is 0 Å². The van der Waals surface area contributed by atoms with Crippen LogP contribution in [0.25, 0.3) is 0 Å². The van der Waals surface area contributed by atoms with E-state index in [-0.39, 0.29) is 6.61 Å². The molecule has 0 unspecified atom stereocenters. The molecule has 0 aliphatic rings. The van der Waals surface area contributed by atoms with Gasteiger partial charge in [0.05, 0.1) is 6.61 Å². The number of aliphatic hydroxyl groups is 1. The SMILES string of the molecule is Cc1cc(OCCCO)ccc1C(C)C. The summed E-state index contributed by atoms with van der Waals surface area (Å²) >= 11 is 0. The number of aliphatic hydroxyl groups excluding tert-OH is 1. The molecule has 0 aliphatic heterocycles. The lowest BCUT2D eigenvalue weighted by atomic mass is 9.98. The van der Waals surface area contributed by atoms with Crippen molar-refractivity contribution in [3.63, 3.8) is 0 Å². The fourth-order valence-electron chi connectivity index (χ4n) is 1.64. The standard InChI is InChI=1S/C13H20O2/c1-10(2)13-6-5-12(9-11(13)3)15-8-4-7-14/h5-6,9-10,14H,4,7-8H2,1-3H3. The summed E-state index contributed by atoms with van der Waals surface area (Å²) in [5, 5.41) is 8.64. The number of aryl methyl sites for hydroxylation is 1. The predicted molar refractivity (Wildman–Crippen MR) is 62.5 cm³/mol. The van der Waals surface area contributed by atoms with E-state index in [0.717, 1.165) is 5.75 Å². The highest BCUT2D eigenvalue weighted by molar-refractivity contribution is 5.36. The molecule has 2 heteroatoms. The molecule has 1 N–H and O–H groups in total. The van der Waals surface area contributed by atoms with Gasteiger partial charge in [-0.25, -0.2) is 0 Å². The Labute approximate surface area is 91.9 Å². The van der Waals surface area contributed by atoms with Gasteiger partial charge in [-0.1, -0.05) is 19.9 Å². The predicted octanol–water partition coefficient (Wildman–Crippen LogP) is 2.88. The van der Waals surface area contributed by atoms with Gasteiger partial charge >= 0.3 is 0 Å². The summed E-state index contributed by atoms with van der Waals surface area (Å²) in [4.78, 5) is 0. The van der Waals surface area contributed by atoms with Crippen molar-refractivity contribution in [3.05, 3.63) is 29.3 Å². The number of hydrogen-bond donors (Lipinski definition) is 1. The lowest BCUT2D eigenvalue weighted by molar-refractivity contribution is 0.233. The highest BCUT2D eigenvalue weighted by atomic mass is 16.5. The highest BCUT2D eigenvalue weighted by Crippen LogP contribution is 2.23. The molecule has 0 bridgehead atoms. The van der Waals surface area contributed by atoms with E-state index in [1.165, 1.54) is 11.1 Å². The van der Waals surface area contributed by atoms with Crippen LogP contribution in [0.5, 0.6) is 5.75 Å². The van der Waals surface area contributed by atoms with Crippen LogP contribution in [-0.4, -0.2) is 18.3 Å². The van der Waals surface area contributed by atoms with E-state index in [1.807, 2.05) is 6.07 Å². The quantitative estimate of drug-likeness (QED) is 0.754. The molecule has 0 saturated carbocycles. The van der Waals surface area contributed by atoms with Crippen molar-refractivity contribution in [1.82, 2.24) is 0 Å². The smallest absolute Gasteiger partial charge is 0.119 e. The maximum Gasteiger partial charge on any atom is 0.119 e. The summed E-state index contributed by atoms with van der Waals surface area (Å²) in [6, 6.07) is 6.18. The van der Waals surface area contributed by atoms with Crippen molar-refractivity contribution >= 4 is 0 Å². The van der Waals surface area contributed by atoms with Crippen molar-refractivity contribution in [2.45, 2.75) is 33.1 Å². The molecule has 0 radical (unpaired) electrons. The lowest BCUT2D eigenvalue weighted by Gasteiger charge is -2.12. The van der Waals surface area contributed by atoms with Gasteiger partial charge in [0.2, 0.25) is 0 Å². The largest absolute Gasteiger partial charge is 0.493 e. The van der Waals surface area contributed by atoms with Gasteiger partial charge in [-0.2, -0.15) is 0 Å². The fraction of sp³-hybridized carbons (Fsp3) is 0.538. The maximum absolute atomic E-state index is 8.64. The Morgan fingerprint density at radius 3 is 2.60 bits per heavy atom. The van der Waals surface area contributed by atoms with Gasteiger partial charge in [0.1, 0.15) is 5.75 Å². The van der Waals surface area contributed by atoms with Gasteiger partial charge in [0.25, 0.3) is 0 Å². The van der Waals surface area contributed by atoms with E-state index in [9.17, 15) is 0 Å². The second-order valence-corrected chi connectivity index (χ2v) is 4.10. The Bertz CT molecular complexity index is 305. The van der Waals surface area contributed by atoms with Crippen molar-refractivity contribution in [2.24, 2.45) is 0 Å². The molecule has 1 aromatic rings.